The van der Waals surface area contributed by atoms with Crippen LogP contribution in [0.5, 0.6) is 0 Å². The van der Waals surface area contributed by atoms with Crippen molar-refractivity contribution in [3.05, 3.63) is 16.1 Å². The van der Waals surface area contributed by atoms with Crippen molar-refractivity contribution >= 4 is 23.1 Å². The van der Waals surface area contributed by atoms with Gasteiger partial charge in [0.15, 0.2) is 5.01 Å². The van der Waals surface area contributed by atoms with Crippen LogP contribution in [-0.2, 0) is 6.18 Å². The van der Waals surface area contributed by atoms with Crippen LogP contribution in [0.4, 0.5) is 13.2 Å². The third-order valence-corrected chi connectivity index (χ3v) is 6.02. The minimum atomic E-state index is -4.34. The van der Waals surface area contributed by atoms with Gasteiger partial charge in [-0.25, -0.2) is 4.98 Å². The minimum Gasteiger partial charge on any atom is -0.308 e. The maximum atomic E-state index is 12.6. The lowest BCUT2D eigenvalue weighted by molar-refractivity contribution is -0.137. The highest BCUT2D eigenvalue weighted by Gasteiger charge is 2.41. The number of nitrogens with zero attached hydrogens (tertiary/aromatic N) is 1. The summed E-state index contributed by atoms with van der Waals surface area (Å²) in [6.07, 6.45) is -0.822. The van der Waals surface area contributed by atoms with Gasteiger partial charge in [-0.2, -0.15) is 24.9 Å². The molecule has 0 spiro atoms. The van der Waals surface area contributed by atoms with Crippen molar-refractivity contribution in [2.45, 2.75) is 43.7 Å². The number of thiazole rings is 1. The largest absolute Gasteiger partial charge is 0.443 e. The summed E-state index contributed by atoms with van der Waals surface area (Å²) >= 11 is 2.60. The molecule has 1 aromatic rings. The Balaban J connectivity index is 2.26. The van der Waals surface area contributed by atoms with Crippen LogP contribution in [-0.4, -0.2) is 22.0 Å². The second kappa shape index (κ2) is 5.61. The standard InChI is InChI=1S/C12H17F3N2S2/c1-3-16-9(11(2)5-4-6-18-11)8-7-17-10(19-8)12(13,14)15/h7,9,16H,3-6H2,1-2H3. The number of aromatic nitrogens is 1. The van der Waals surface area contributed by atoms with Crippen LogP contribution in [0.25, 0.3) is 0 Å². The molecule has 0 saturated carbocycles. The molecular formula is C12H17F3N2S2. The third kappa shape index (κ3) is 3.25. The Kier molecular flexibility index (Phi) is 4.47. The molecule has 1 fully saturated rings. The summed E-state index contributed by atoms with van der Waals surface area (Å²) in [6.45, 7) is 4.84. The molecule has 0 bridgehead atoms. The molecule has 0 amide bonds. The molecule has 1 saturated heterocycles. The first-order chi connectivity index (χ1) is 8.87. The van der Waals surface area contributed by atoms with E-state index in [9.17, 15) is 13.2 Å². The van der Waals surface area contributed by atoms with Gasteiger partial charge in [0.1, 0.15) is 0 Å². The van der Waals surface area contributed by atoms with Crippen molar-refractivity contribution in [2.75, 3.05) is 12.3 Å². The molecule has 1 N–H and O–H groups in total. The maximum absolute atomic E-state index is 12.6. The average molecular weight is 310 g/mol. The van der Waals surface area contributed by atoms with E-state index in [0.29, 0.717) is 4.88 Å². The molecule has 2 unspecified atom stereocenters. The molecule has 0 aliphatic carbocycles. The number of thioether (sulfide) groups is 1. The van der Waals surface area contributed by atoms with E-state index >= 15 is 0 Å². The number of hydrogen-bond donors (Lipinski definition) is 1. The summed E-state index contributed by atoms with van der Waals surface area (Å²) in [6, 6.07) is -0.0569. The van der Waals surface area contributed by atoms with Gasteiger partial charge in [0.2, 0.25) is 0 Å². The molecule has 2 rings (SSSR count). The Bertz CT molecular complexity index is 425. The summed E-state index contributed by atoms with van der Waals surface area (Å²) in [7, 11) is 0. The normalized spacial score (nSPS) is 25.7. The zero-order valence-corrected chi connectivity index (χ0v) is 12.5. The molecule has 7 heteroatoms. The highest BCUT2D eigenvalue weighted by atomic mass is 32.2. The Hall–Kier alpha value is -0.270. The molecule has 0 radical (unpaired) electrons. The zero-order valence-electron chi connectivity index (χ0n) is 10.9. The first kappa shape index (κ1) is 15.1. The highest BCUT2D eigenvalue weighted by Crippen LogP contribution is 2.48. The second-order valence-electron chi connectivity index (χ2n) is 4.82. The fourth-order valence-corrected chi connectivity index (χ4v) is 4.91. The van der Waals surface area contributed by atoms with E-state index in [1.54, 1.807) is 0 Å². The molecule has 1 aromatic heterocycles. The zero-order chi connectivity index (χ0) is 14.1. The number of alkyl halides is 3. The molecule has 1 aliphatic rings. The van der Waals surface area contributed by atoms with Crippen LogP contribution in [0.15, 0.2) is 6.20 Å². The Labute approximate surface area is 119 Å². The van der Waals surface area contributed by atoms with E-state index in [4.69, 9.17) is 0 Å². The highest BCUT2D eigenvalue weighted by molar-refractivity contribution is 8.00. The topological polar surface area (TPSA) is 24.9 Å². The summed E-state index contributed by atoms with van der Waals surface area (Å²) in [4.78, 5) is 4.22. The van der Waals surface area contributed by atoms with Gasteiger partial charge in [-0.3, -0.25) is 0 Å². The lowest BCUT2D eigenvalue weighted by atomic mass is 9.95. The van der Waals surface area contributed by atoms with Gasteiger partial charge in [0.05, 0.1) is 6.04 Å². The van der Waals surface area contributed by atoms with Crippen molar-refractivity contribution in [1.82, 2.24) is 10.3 Å². The molecular weight excluding hydrogens is 293 g/mol. The van der Waals surface area contributed by atoms with Gasteiger partial charge in [-0.1, -0.05) is 6.92 Å². The number of rotatable bonds is 4. The quantitative estimate of drug-likeness (QED) is 0.906. The van der Waals surface area contributed by atoms with E-state index in [1.165, 1.54) is 6.20 Å². The van der Waals surface area contributed by atoms with Crippen LogP contribution in [0.1, 0.15) is 42.6 Å². The van der Waals surface area contributed by atoms with Gasteiger partial charge >= 0.3 is 6.18 Å². The van der Waals surface area contributed by atoms with Crippen LogP contribution in [0.3, 0.4) is 0 Å². The predicted molar refractivity (Wildman–Crippen MR) is 73.6 cm³/mol. The van der Waals surface area contributed by atoms with E-state index in [2.05, 4.69) is 17.2 Å². The summed E-state index contributed by atoms with van der Waals surface area (Å²) in [5, 5.41) is 2.58. The molecule has 19 heavy (non-hydrogen) atoms. The third-order valence-electron chi connectivity index (χ3n) is 3.32. The fraction of sp³-hybridized carbons (Fsp3) is 0.750. The molecule has 1 aliphatic heterocycles. The smallest absolute Gasteiger partial charge is 0.308 e. The van der Waals surface area contributed by atoms with Gasteiger partial charge in [-0.15, -0.1) is 11.3 Å². The average Bonchev–Trinajstić information content (AvgIpc) is 2.94. The van der Waals surface area contributed by atoms with Gasteiger partial charge < -0.3 is 5.32 Å². The van der Waals surface area contributed by atoms with Crippen molar-refractivity contribution in [2.24, 2.45) is 0 Å². The van der Waals surface area contributed by atoms with Crippen LogP contribution in [0.2, 0.25) is 0 Å². The fourth-order valence-electron chi connectivity index (χ4n) is 2.40. The molecule has 108 valence electrons. The second-order valence-corrected chi connectivity index (χ2v) is 7.51. The summed E-state index contributed by atoms with van der Waals surface area (Å²) in [5.41, 5.74) is 0. The Morgan fingerprint density at radius 3 is 2.74 bits per heavy atom. The predicted octanol–water partition coefficient (Wildman–Crippen LogP) is 4.10. The lowest BCUT2D eigenvalue weighted by Gasteiger charge is -2.33. The van der Waals surface area contributed by atoms with Crippen molar-refractivity contribution in [1.29, 1.82) is 0 Å². The number of halogens is 3. The van der Waals surface area contributed by atoms with Gasteiger partial charge in [-0.05, 0) is 32.1 Å². The van der Waals surface area contributed by atoms with E-state index in [0.717, 1.165) is 36.5 Å². The minimum absolute atomic E-state index is 0.0363. The van der Waals surface area contributed by atoms with E-state index in [1.807, 2.05) is 18.7 Å². The van der Waals surface area contributed by atoms with E-state index in [-0.39, 0.29) is 10.8 Å². The van der Waals surface area contributed by atoms with Crippen molar-refractivity contribution < 1.29 is 13.2 Å². The van der Waals surface area contributed by atoms with Crippen LogP contribution in [0, 0.1) is 0 Å². The lowest BCUT2D eigenvalue weighted by Crippen LogP contribution is -2.37. The number of hydrogen-bond acceptors (Lipinski definition) is 4. The van der Waals surface area contributed by atoms with Gasteiger partial charge in [0.25, 0.3) is 0 Å². The Morgan fingerprint density at radius 1 is 1.53 bits per heavy atom. The summed E-state index contributed by atoms with van der Waals surface area (Å²) in [5.74, 6) is 1.07. The van der Waals surface area contributed by atoms with Crippen LogP contribution >= 0.6 is 23.1 Å². The first-order valence-corrected chi connectivity index (χ1v) is 8.07. The Morgan fingerprint density at radius 2 is 2.26 bits per heavy atom. The molecule has 2 nitrogen and oxygen atoms in total. The molecule has 2 atom stereocenters. The first-order valence-electron chi connectivity index (χ1n) is 6.27. The molecule has 0 aromatic carbocycles. The maximum Gasteiger partial charge on any atom is 0.443 e. The summed E-state index contributed by atoms with van der Waals surface area (Å²) < 4.78 is 37.9. The van der Waals surface area contributed by atoms with Crippen molar-refractivity contribution in [3.8, 4) is 0 Å². The SMILES string of the molecule is CCNC(c1cnc(C(F)(F)F)s1)C1(C)CCCS1. The van der Waals surface area contributed by atoms with Gasteiger partial charge in [0, 0.05) is 15.8 Å². The van der Waals surface area contributed by atoms with Crippen molar-refractivity contribution in [3.63, 3.8) is 0 Å². The van der Waals surface area contributed by atoms with E-state index < -0.39 is 11.2 Å². The van der Waals surface area contributed by atoms with Crippen LogP contribution < -0.4 is 5.32 Å². The number of nitrogens with one attached hydrogen (secondary N) is 1. The molecule has 2 heterocycles. The monoisotopic (exact) mass is 310 g/mol.